The van der Waals surface area contributed by atoms with Crippen LogP contribution in [0.1, 0.15) is 59.2 Å². The summed E-state index contributed by atoms with van der Waals surface area (Å²) < 4.78 is 0. The molecular weight excluding hydrogens is 312 g/mol. The molecule has 5 nitrogen and oxygen atoms in total. The van der Waals surface area contributed by atoms with Crippen LogP contribution in [0.2, 0.25) is 0 Å². The highest BCUT2D eigenvalue weighted by molar-refractivity contribution is 5.95. The molecule has 0 bridgehead atoms. The molecule has 5 heteroatoms. The van der Waals surface area contributed by atoms with Crippen molar-refractivity contribution in [1.82, 2.24) is 20.2 Å². The number of aryl methyl sites for hydroxylation is 1. The highest BCUT2D eigenvalue weighted by Crippen LogP contribution is 2.40. The summed E-state index contributed by atoms with van der Waals surface area (Å²) in [6, 6.07) is 10.3. The van der Waals surface area contributed by atoms with Gasteiger partial charge in [-0.2, -0.15) is 0 Å². The predicted octanol–water partition coefficient (Wildman–Crippen LogP) is 3.08. The molecule has 25 heavy (non-hydrogen) atoms. The van der Waals surface area contributed by atoms with Crippen LogP contribution in [0.25, 0.3) is 0 Å². The second-order valence-corrected chi connectivity index (χ2v) is 7.07. The molecule has 2 atom stereocenters. The summed E-state index contributed by atoms with van der Waals surface area (Å²) in [5, 5.41) is 3.16. The van der Waals surface area contributed by atoms with Gasteiger partial charge in [-0.15, -0.1) is 0 Å². The summed E-state index contributed by atoms with van der Waals surface area (Å²) in [6.45, 7) is 3.91. The molecule has 1 aromatic heterocycles. The lowest BCUT2D eigenvalue weighted by Gasteiger charge is -2.31. The Balaban J connectivity index is 1.80. The third-order valence-electron chi connectivity index (χ3n) is 4.68. The summed E-state index contributed by atoms with van der Waals surface area (Å²) in [5.74, 6) is 1.05. The molecule has 3 rings (SSSR count). The van der Waals surface area contributed by atoms with E-state index in [1.807, 2.05) is 46.1 Å². The number of carbonyl (C=O) groups excluding carboxylic acids is 1. The summed E-state index contributed by atoms with van der Waals surface area (Å²) >= 11 is 0. The Bertz CT molecular complexity index is 741. The van der Waals surface area contributed by atoms with Crippen molar-refractivity contribution < 1.29 is 4.79 Å². The van der Waals surface area contributed by atoms with Crippen molar-refractivity contribution in [3.8, 4) is 0 Å². The van der Waals surface area contributed by atoms with Crippen LogP contribution >= 0.6 is 0 Å². The van der Waals surface area contributed by atoms with Crippen LogP contribution in [-0.2, 0) is 0 Å². The smallest absolute Gasteiger partial charge is 0.254 e. The van der Waals surface area contributed by atoms with Gasteiger partial charge in [-0.1, -0.05) is 30.3 Å². The van der Waals surface area contributed by atoms with Crippen molar-refractivity contribution in [2.75, 3.05) is 14.1 Å². The number of nitrogens with zero attached hydrogens (tertiary/aromatic N) is 3. The van der Waals surface area contributed by atoms with Crippen LogP contribution in [0.15, 0.2) is 36.5 Å². The molecule has 1 fully saturated rings. The molecule has 2 aromatic rings. The normalized spacial score (nSPS) is 16.5. The summed E-state index contributed by atoms with van der Waals surface area (Å²) in [6.07, 6.45) is 3.89. The van der Waals surface area contributed by atoms with Crippen molar-refractivity contribution in [1.29, 1.82) is 0 Å². The van der Waals surface area contributed by atoms with Gasteiger partial charge in [0.25, 0.3) is 5.91 Å². The van der Waals surface area contributed by atoms with E-state index in [1.54, 1.807) is 6.20 Å². The second kappa shape index (κ2) is 7.31. The molecule has 1 aliphatic rings. The van der Waals surface area contributed by atoms with Crippen molar-refractivity contribution in [3.63, 3.8) is 0 Å². The second-order valence-electron chi connectivity index (χ2n) is 7.07. The number of rotatable bonds is 6. The minimum absolute atomic E-state index is 0.0433. The number of hydrogen-bond acceptors (Lipinski definition) is 4. The molecule has 0 radical (unpaired) electrons. The first kappa shape index (κ1) is 17.5. The minimum Gasteiger partial charge on any atom is -0.348 e. The highest BCUT2D eigenvalue weighted by atomic mass is 16.1. The first-order valence-electron chi connectivity index (χ1n) is 8.83. The molecule has 0 spiro atoms. The highest BCUT2D eigenvalue weighted by Gasteiger charge is 2.31. The lowest BCUT2D eigenvalue weighted by molar-refractivity contribution is 0.0913. The molecule has 1 heterocycles. The van der Waals surface area contributed by atoms with Crippen LogP contribution in [-0.4, -0.2) is 40.9 Å². The van der Waals surface area contributed by atoms with Crippen LogP contribution in [0.5, 0.6) is 0 Å². The Hall–Kier alpha value is -2.27. The Labute approximate surface area is 149 Å². The maximum Gasteiger partial charge on any atom is 0.254 e. The van der Waals surface area contributed by atoms with Crippen molar-refractivity contribution in [2.24, 2.45) is 0 Å². The van der Waals surface area contributed by atoms with E-state index < -0.39 is 0 Å². The van der Waals surface area contributed by atoms with Crippen LogP contribution in [0, 0.1) is 6.92 Å². The summed E-state index contributed by atoms with van der Waals surface area (Å²) in [5.41, 5.74) is 2.70. The van der Waals surface area contributed by atoms with Crippen LogP contribution in [0.3, 0.4) is 0 Å². The van der Waals surface area contributed by atoms with Gasteiger partial charge in [0.15, 0.2) is 0 Å². The first-order chi connectivity index (χ1) is 12.0. The van der Waals surface area contributed by atoms with E-state index in [0.717, 1.165) is 24.4 Å². The predicted molar refractivity (Wildman–Crippen MR) is 98.5 cm³/mol. The number of amides is 1. The topological polar surface area (TPSA) is 58.1 Å². The van der Waals surface area contributed by atoms with Gasteiger partial charge in [-0.05, 0) is 46.3 Å². The standard InChI is InChI=1S/C20H26N4O/c1-13(19(24(3)4)16-8-6-5-7-9-16)22-20(25)17-12-21-14(2)23-18(17)15-10-11-15/h5-9,12-13,15,19H,10-11H2,1-4H3,(H,22,25)/t13-,19+/m0/s1. The van der Waals surface area contributed by atoms with E-state index in [-0.39, 0.29) is 18.0 Å². The van der Waals surface area contributed by atoms with Crippen molar-refractivity contribution >= 4 is 5.91 Å². The minimum atomic E-state index is -0.0859. The van der Waals surface area contributed by atoms with Gasteiger partial charge >= 0.3 is 0 Å². The van der Waals surface area contributed by atoms with Crippen LogP contribution in [0.4, 0.5) is 0 Å². The first-order valence-corrected chi connectivity index (χ1v) is 8.83. The van der Waals surface area contributed by atoms with Gasteiger partial charge in [-0.3, -0.25) is 4.79 Å². The third kappa shape index (κ3) is 4.04. The van der Waals surface area contributed by atoms with E-state index in [9.17, 15) is 4.79 Å². The molecular formula is C20H26N4O. The number of likely N-dealkylation sites (N-methyl/N-ethyl adjacent to an activating group) is 1. The molecule has 0 saturated heterocycles. The van der Waals surface area contributed by atoms with Gasteiger partial charge in [0.1, 0.15) is 5.82 Å². The number of nitrogens with one attached hydrogen (secondary N) is 1. The lowest BCUT2D eigenvalue weighted by Crippen LogP contribution is -2.42. The summed E-state index contributed by atoms with van der Waals surface area (Å²) in [7, 11) is 4.07. The average Bonchev–Trinajstić information content (AvgIpc) is 3.40. The fourth-order valence-corrected chi connectivity index (χ4v) is 3.38. The van der Waals surface area contributed by atoms with Crippen molar-refractivity contribution in [3.05, 3.63) is 59.2 Å². The van der Waals surface area contributed by atoms with E-state index >= 15 is 0 Å². The number of carbonyl (C=O) groups is 1. The van der Waals surface area contributed by atoms with Gasteiger partial charge in [0.2, 0.25) is 0 Å². The number of benzene rings is 1. The lowest BCUT2D eigenvalue weighted by atomic mass is 9.99. The largest absolute Gasteiger partial charge is 0.348 e. The molecule has 0 unspecified atom stereocenters. The summed E-state index contributed by atoms with van der Waals surface area (Å²) in [4.78, 5) is 23.8. The molecule has 1 N–H and O–H groups in total. The van der Waals surface area contributed by atoms with Gasteiger partial charge in [-0.25, -0.2) is 9.97 Å². The van der Waals surface area contributed by atoms with Gasteiger partial charge in [0.05, 0.1) is 17.3 Å². The molecule has 1 saturated carbocycles. The molecule has 1 aliphatic carbocycles. The average molecular weight is 338 g/mol. The maximum atomic E-state index is 12.9. The fourth-order valence-electron chi connectivity index (χ4n) is 3.38. The van der Waals surface area contributed by atoms with E-state index in [2.05, 4.69) is 32.3 Å². The molecule has 0 aliphatic heterocycles. The molecule has 132 valence electrons. The SMILES string of the molecule is Cc1ncc(C(=O)N[C@@H](C)[C@H](c2ccccc2)N(C)C)c(C2CC2)n1. The van der Waals surface area contributed by atoms with Gasteiger partial charge in [0, 0.05) is 18.2 Å². The third-order valence-corrected chi connectivity index (χ3v) is 4.68. The fraction of sp³-hybridized carbons (Fsp3) is 0.450. The number of hydrogen-bond donors (Lipinski definition) is 1. The zero-order chi connectivity index (χ0) is 18.0. The Morgan fingerprint density at radius 3 is 2.52 bits per heavy atom. The Morgan fingerprint density at radius 1 is 1.24 bits per heavy atom. The monoisotopic (exact) mass is 338 g/mol. The number of aromatic nitrogens is 2. The van der Waals surface area contributed by atoms with E-state index in [1.165, 1.54) is 5.56 Å². The molecule has 1 aromatic carbocycles. The Morgan fingerprint density at radius 2 is 1.92 bits per heavy atom. The van der Waals surface area contributed by atoms with Crippen LogP contribution < -0.4 is 5.32 Å². The van der Waals surface area contributed by atoms with Gasteiger partial charge < -0.3 is 10.2 Å². The quantitative estimate of drug-likeness (QED) is 0.879. The maximum absolute atomic E-state index is 12.9. The Kier molecular flexibility index (Phi) is 5.13. The van der Waals surface area contributed by atoms with E-state index in [0.29, 0.717) is 11.5 Å². The molecule has 1 amide bonds. The van der Waals surface area contributed by atoms with Crippen molar-refractivity contribution in [2.45, 2.75) is 44.7 Å². The van der Waals surface area contributed by atoms with E-state index in [4.69, 9.17) is 0 Å². The zero-order valence-electron chi connectivity index (χ0n) is 15.4. The zero-order valence-corrected chi connectivity index (χ0v) is 15.4.